The second-order valence-corrected chi connectivity index (χ2v) is 6.38. The molecular formula is C9H22N4O3S. The Labute approximate surface area is 103 Å². The van der Waals surface area contributed by atoms with E-state index in [9.17, 15) is 8.42 Å². The molecular weight excluding hydrogens is 244 g/mol. The van der Waals surface area contributed by atoms with E-state index in [1.807, 2.05) is 0 Å². The van der Waals surface area contributed by atoms with Crippen LogP contribution < -0.4 is 15.8 Å². The molecule has 0 atom stereocenters. The van der Waals surface area contributed by atoms with Crippen LogP contribution in [0.4, 0.5) is 0 Å². The maximum Gasteiger partial charge on any atom is 0.209 e. The number of hydrogen-bond donors (Lipinski definition) is 4. The van der Waals surface area contributed by atoms with Crippen LogP contribution in [0, 0.1) is 0 Å². The molecule has 0 saturated carbocycles. The van der Waals surface area contributed by atoms with Crippen molar-refractivity contribution in [3.05, 3.63) is 0 Å². The first-order chi connectivity index (χ1) is 7.66. The zero-order valence-corrected chi connectivity index (χ0v) is 11.3. The minimum Gasteiger partial charge on any atom is -0.409 e. The maximum absolute atomic E-state index is 11.1. The number of rotatable bonds is 8. The molecule has 0 unspecified atom stereocenters. The van der Waals surface area contributed by atoms with E-state index in [2.05, 4.69) is 15.2 Å². The molecule has 0 fully saturated rings. The van der Waals surface area contributed by atoms with Crippen LogP contribution in [0.3, 0.4) is 0 Å². The molecule has 0 aromatic heterocycles. The van der Waals surface area contributed by atoms with E-state index < -0.39 is 15.6 Å². The number of nitrogens with one attached hydrogen (secondary N) is 2. The van der Waals surface area contributed by atoms with Gasteiger partial charge in [0.1, 0.15) is 5.84 Å². The highest BCUT2D eigenvalue weighted by atomic mass is 32.2. The van der Waals surface area contributed by atoms with Crippen LogP contribution in [0.5, 0.6) is 0 Å². The van der Waals surface area contributed by atoms with Crippen molar-refractivity contribution in [3.63, 3.8) is 0 Å². The van der Waals surface area contributed by atoms with E-state index in [0.29, 0.717) is 19.5 Å². The van der Waals surface area contributed by atoms with Crippen LogP contribution in [0.15, 0.2) is 5.16 Å². The lowest BCUT2D eigenvalue weighted by Crippen LogP contribution is -2.50. The summed E-state index contributed by atoms with van der Waals surface area (Å²) in [4.78, 5) is 0. The van der Waals surface area contributed by atoms with Crippen molar-refractivity contribution < 1.29 is 13.6 Å². The zero-order chi connectivity index (χ0) is 13.5. The Morgan fingerprint density at radius 1 is 1.47 bits per heavy atom. The second kappa shape index (κ2) is 6.77. The van der Waals surface area contributed by atoms with Crippen molar-refractivity contribution >= 4 is 15.9 Å². The third-order valence-corrected chi connectivity index (χ3v) is 2.87. The molecule has 0 bridgehead atoms. The third-order valence-electron chi connectivity index (χ3n) is 1.94. The predicted molar refractivity (Wildman–Crippen MR) is 67.6 cm³/mol. The molecule has 0 aromatic rings. The largest absolute Gasteiger partial charge is 0.409 e. The SMILES string of the molecule is CC(C)(CNCCCC(N)=NO)NS(C)(=O)=O. The van der Waals surface area contributed by atoms with E-state index in [0.717, 1.165) is 12.7 Å². The smallest absolute Gasteiger partial charge is 0.209 e. The lowest BCUT2D eigenvalue weighted by molar-refractivity contribution is 0.316. The van der Waals surface area contributed by atoms with E-state index >= 15 is 0 Å². The van der Waals surface area contributed by atoms with Gasteiger partial charge in [0, 0.05) is 18.5 Å². The van der Waals surface area contributed by atoms with Crippen molar-refractivity contribution in [1.82, 2.24) is 10.0 Å². The molecule has 7 nitrogen and oxygen atoms in total. The molecule has 0 aliphatic heterocycles. The molecule has 0 heterocycles. The van der Waals surface area contributed by atoms with Gasteiger partial charge in [0.2, 0.25) is 10.0 Å². The van der Waals surface area contributed by atoms with Crippen molar-refractivity contribution in [2.75, 3.05) is 19.3 Å². The van der Waals surface area contributed by atoms with Gasteiger partial charge in [-0.1, -0.05) is 5.16 Å². The van der Waals surface area contributed by atoms with E-state index in [4.69, 9.17) is 10.9 Å². The second-order valence-electron chi connectivity index (χ2n) is 4.63. The molecule has 0 saturated heterocycles. The fraction of sp³-hybridized carbons (Fsp3) is 0.889. The van der Waals surface area contributed by atoms with Crippen LogP contribution in [0.2, 0.25) is 0 Å². The standard InChI is InChI=1S/C9H22N4O3S/c1-9(2,13-17(3,15)16)7-11-6-4-5-8(10)12-14/h11,13-14H,4-7H2,1-3H3,(H2,10,12). The van der Waals surface area contributed by atoms with Gasteiger partial charge < -0.3 is 16.3 Å². The lowest BCUT2D eigenvalue weighted by atomic mass is 10.1. The number of oxime groups is 1. The maximum atomic E-state index is 11.1. The summed E-state index contributed by atoms with van der Waals surface area (Å²) in [7, 11) is -3.20. The van der Waals surface area contributed by atoms with Crippen LogP contribution in [-0.4, -0.2) is 44.3 Å². The highest BCUT2D eigenvalue weighted by Gasteiger charge is 2.21. The van der Waals surface area contributed by atoms with Gasteiger partial charge in [-0.25, -0.2) is 13.1 Å². The summed E-state index contributed by atoms with van der Waals surface area (Å²) in [6.45, 7) is 4.77. The normalized spacial score (nSPS) is 13.9. The molecule has 0 aliphatic rings. The molecule has 17 heavy (non-hydrogen) atoms. The number of nitrogens with two attached hydrogens (primary N) is 1. The Morgan fingerprint density at radius 3 is 2.53 bits per heavy atom. The van der Waals surface area contributed by atoms with Gasteiger partial charge in [-0.15, -0.1) is 0 Å². The number of hydrogen-bond acceptors (Lipinski definition) is 5. The van der Waals surface area contributed by atoms with Gasteiger partial charge in [-0.3, -0.25) is 0 Å². The first kappa shape index (κ1) is 16.1. The predicted octanol–water partition coefficient (Wildman–Crippen LogP) is -0.570. The third kappa shape index (κ3) is 10.0. The van der Waals surface area contributed by atoms with Crippen LogP contribution in [0.1, 0.15) is 26.7 Å². The van der Waals surface area contributed by atoms with Gasteiger partial charge in [-0.05, 0) is 26.8 Å². The van der Waals surface area contributed by atoms with Crippen molar-refractivity contribution in [2.24, 2.45) is 10.9 Å². The fourth-order valence-electron chi connectivity index (χ4n) is 1.38. The summed E-state index contributed by atoms with van der Waals surface area (Å²) in [5.74, 6) is 0.195. The zero-order valence-electron chi connectivity index (χ0n) is 10.5. The highest BCUT2D eigenvalue weighted by molar-refractivity contribution is 7.88. The number of amidine groups is 1. The van der Waals surface area contributed by atoms with Crippen LogP contribution in [0.25, 0.3) is 0 Å². The number of sulfonamides is 1. The minimum atomic E-state index is -3.20. The first-order valence-electron chi connectivity index (χ1n) is 5.32. The molecule has 0 aliphatic carbocycles. The average Bonchev–Trinajstić information content (AvgIpc) is 2.12. The molecule has 0 amide bonds. The Morgan fingerprint density at radius 2 is 2.06 bits per heavy atom. The fourth-order valence-corrected chi connectivity index (χ4v) is 2.46. The Hall–Kier alpha value is -0.860. The first-order valence-corrected chi connectivity index (χ1v) is 7.21. The minimum absolute atomic E-state index is 0.195. The van der Waals surface area contributed by atoms with Crippen molar-refractivity contribution in [2.45, 2.75) is 32.2 Å². The topological polar surface area (TPSA) is 117 Å². The van der Waals surface area contributed by atoms with Gasteiger partial charge in [0.15, 0.2) is 0 Å². The molecule has 0 rings (SSSR count). The molecule has 0 spiro atoms. The van der Waals surface area contributed by atoms with E-state index in [1.165, 1.54) is 0 Å². The Balaban J connectivity index is 3.81. The number of nitrogens with zero attached hydrogens (tertiary/aromatic N) is 1. The molecule has 0 aromatic carbocycles. The molecule has 8 heteroatoms. The van der Waals surface area contributed by atoms with Gasteiger partial charge in [-0.2, -0.15) is 0 Å². The quantitative estimate of drug-likeness (QED) is 0.154. The highest BCUT2D eigenvalue weighted by Crippen LogP contribution is 2.01. The molecule has 5 N–H and O–H groups in total. The summed E-state index contributed by atoms with van der Waals surface area (Å²) in [6, 6.07) is 0. The summed E-state index contributed by atoms with van der Waals surface area (Å²) in [6.07, 6.45) is 2.36. The van der Waals surface area contributed by atoms with Gasteiger partial charge in [0.25, 0.3) is 0 Å². The Kier molecular flexibility index (Phi) is 6.43. The van der Waals surface area contributed by atoms with Gasteiger partial charge in [0.05, 0.1) is 6.26 Å². The van der Waals surface area contributed by atoms with E-state index in [1.54, 1.807) is 13.8 Å². The Bertz CT molecular complexity index is 351. The van der Waals surface area contributed by atoms with E-state index in [-0.39, 0.29) is 5.84 Å². The summed E-state index contributed by atoms with van der Waals surface area (Å²) in [5.41, 5.74) is 4.77. The summed E-state index contributed by atoms with van der Waals surface area (Å²) >= 11 is 0. The van der Waals surface area contributed by atoms with Crippen LogP contribution in [-0.2, 0) is 10.0 Å². The van der Waals surface area contributed by atoms with Gasteiger partial charge >= 0.3 is 0 Å². The van der Waals surface area contributed by atoms with Crippen molar-refractivity contribution in [1.29, 1.82) is 0 Å². The summed E-state index contributed by atoms with van der Waals surface area (Å²) < 4.78 is 24.7. The summed E-state index contributed by atoms with van der Waals surface area (Å²) in [5, 5.41) is 14.3. The molecule has 0 radical (unpaired) electrons. The molecule has 102 valence electrons. The average molecular weight is 266 g/mol. The van der Waals surface area contributed by atoms with Crippen molar-refractivity contribution in [3.8, 4) is 0 Å². The monoisotopic (exact) mass is 266 g/mol. The van der Waals surface area contributed by atoms with Crippen LogP contribution >= 0.6 is 0 Å². The lowest BCUT2D eigenvalue weighted by Gasteiger charge is -2.25.